The van der Waals surface area contributed by atoms with Crippen molar-refractivity contribution >= 4 is 5.91 Å². The molecule has 1 aromatic heterocycles. The lowest BCUT2D eigenvalue weighted by Gasteiger charge is -2.12. The van der Waals surface area contributed by atoms with E-state index in [1.54, 1.807) is 6.92 Å². The minimum atomic E-state index is -1.15. The maximum atomic E-state index is 13.1. The highest BCUT2D eigenvalue weighted by Gasteiger charge is 2.13. The molecular weight excluding hydrogens is 280 g/mol. The number of aromatic nitrogens is 2. The van der Waals surface area contributed by atoms with Crippen LogP contribution in [0.5, 0.6) is 0 Å². The Balaban J connectivity index is 1.99. The first-order chi connectivity index (χ1) is 9.97. The van der Waals surface area contributed by atoms with E-state index in [4.69, 9.17) is 0 Å². The highest BCUT2D eigenvalue weighted by Crippen LogP contribution is 2.15. The van der Waals surface area contributed by atoms with Gasteiger partial charge in [-0.2, -0.15) is 0 Å². The third-order valence-electron chi connectivity index (χ3n) is 2.79. The summed E-state index contributed by atoms with van der Waals surface area (Å²) in [7, 11) is 0. The molecule has 1 aromatic carbocycles. The number of nitrogens with one attached hydrogen (secondary N) is 1. The van der Waals surface area contributed by atoms with E-state index in [9.17, 15) is 18.7 Å². The summed E-state index contributed by atoms with van der Waals surface area (Å²) in [5.74, 6) is -2.08. The molecule has 0 saturated heterocycles. The molecule has 1 heterocycles. The minimum Gasteiger partial charge on any atom is -0.387 e. The molecule has 0 fully saturated rings. The van der Waals surface area contributed by atoms with Crippen LogP contribution >= 0.6 is 0 Å². The molecule has 2 rings (SSSR count). The Morgan fingerprint density at radius 3 is 2.76 bits per heavy atom. The third kappa shape index (κ3) is 3.79. The average Bonchev–Trinajstić information content (AvgIpc) is 2.47. The highest BCUT2D eigenvalue weighted by molar-refractivity contribution is 5.92. The molecule has 1 amide bonds. The van der Waals surface area contributed by atoms with Gasteiger partial charge in [0.15, 0.2) is 11.6 Å². The molecule has 21 heavy (non-hydrogen) atoms. The topological polar surface area (TPSA) is 75.1 Å². The van der Waals surface area contributed by atoms with Crippen LogP contribution < -0.4 is 5.32 Å². The van der Waals surface area contributed by atoms with Gasteiger partial charge in [-0.05, 0) is 30.7 Å². The number of benzene rings is 1. The summed E-state index contributed by atoms with van der Waals surface area (Å²) in [4.78, 5) is 19.6. The zero-order valence-corrected chi connectivity index (χ0v) is 11.2. The summed E-state index contributed by atoms with van der Waals surface area (Å²) in [6.45, 7) is 1.50. The van der Waals surface area contributed by atoms with Gasteiger partial charge in [-0.25, -0.2) is 18.7 Å². The van der Waals surface area contributed by atoms with E-state index in [1.807, 2.05) is 0 Å². The summed E-state index contributed by atoms with van der Waals surface area (Å²) in [6.07, 6.45) is 0.301. The van der Waals surface area contributed by atoms with Gasteiger partial charge in [0, 0.05) is 12.7 Å². The van der Waals surface area contributed by atoms with Crippen molar-refractivity contribution in [3.63, 3.8) is 0 Å². The largest absolute Gasteiger partial charge is 0.387 e. The van der Waals surface area contributed by atoms with Gasteiger partial charge in [-0.3, -0.25) is 4.79 Å². The molecule has 110 valence electrons. The molecule has 0 aliphatic heterocycles. The van der Waals surface area contributed by atoms with Crippen molar-refractivity contribution in [1.29, 1.82) is 0 Å². The number of hydrogen-bond acceptors (Lipinski definition) is 4. The fourth-order valence-corrected chi connectivity index (χ4v) is 1.70. The van der Waals surface area contributed by atoms with Crippen LogP contribution in [0.2, 0.25) is 0 Å². The molecule has 0 aliphatic rings. The molecule has 0 spiro atoms. The second-order valence-corrected chi connectivity index (χ2v) is 4.39. The van der Waals surface area contributed by atoms with Gasteiger partial charge in [0.05, 0.1) is 6.10 Å². The molecule has 2 aromatic rings. The number of aliphatic hydroxyl groups is 1. The number of nitrogens with zero attached hydrogens (tertiary/aromatic N) is 2. The Morgan fingerprint density at radius 2 is 2.10 bits per heavy atom. The normalized spacial score (nSPS) is 12.0. The summed E-state index contributed by atoms with van der Waals surface area (Å²) in [5.41, 5.74) is 0.341. The average molecular weight is 293 g/mol. The molecule has 5 nitrogen and oxygen atoms in total. The van der Waals surface area contributed by atoms with Crippen molar-refractivity contribution in [2.45, 2.75) is 13.0 Å². The van der Waals surface area contributed by atoms with Crippen molar-refractivity contribution < 1.29 is 18.7 Å². The summed E-state index contributed by atoms with van der Waals surface area (Å²) < 4.78 is 25.9. The van der Waals surface area contributed by atoms with E-state index in [-0.39, 0.29) is 17.8 Å². The number of carbonyl (C=O) groups is 1. The van der Waals surface area contributed by atoms with E-state index in [1.165, 1.54) is 18.3 Å². The van der Waals surface area contributed by atoms with Crippen LogP contribution in [-0.4, -0.2) is 27.5 Å². The van der Waals surface area contributed by atoms with Crippen LogP contribution in [0.4, 0.5) is 8.78 Å². The van der Waals surface area contributed by atoms with E-state index < -0.39 is 23.6 Å². The monoisotopic (exact) mass is 293 g/mol. The SMILES string of the molecule is Cc1nccc(C(=O)NC[C@@H](O)c2ccc(F)c(F)c2)n1. The number of aryl methyl sites for hydroxylation is 1. The molecule has 1 atom stereocenters. The van der Waals surface area contributed by atoms with Crippen LogP contribution in [0.25, 0.3) is 0 Å². The van der Waals surface area contributed by atoms with E-state index in [0.29, 0.717) is 5.82 Å². The Bertz CT molecular complexity index is 664. The maximum Gasteiger partial charge on any atom is 0.270 e. The zero-order valence-electron chi connectivity index (χ0n) is 11.2. The predicted molar refractivity (Wildman–Crippen MR) is 70.4 cm³/mol. The maximum absolute atomic E-state index is 13.1. The Hall–Kier alpha value is -2.41. The first kappa shape index (κ1) is 15.0. The van der Waals surface area contributed by atoms with Crippen LogP contribution in [0, 0.1) is 18.6 Å². The van der Waals surface area contributed by atoms with Gasteiger partial charge in [0.2, 0.25) is 0 Å². The predicted octanol–water partition coefficient (Wildman–Crippen LogP) is 1.53. The molecular formula is C14H13F2N3O2. The Labute approximate surface area is 119 Å². The zero-order chi connectivity index (χ0) is 15.4. The molecule has 0 bridgehead atoms. The lowest BCUT2D eigenvalue weighted by molar-refractivity contribution is 0.0910. The second kappa shape index (κ2) is 6.36. The summed E-state index contributed by atoms with van der Waals surface area (Å²) >= 11 is 0. The number of halogens is 2. The van der Waals surface area contributed by atoms with E-state index in [0.717, 1.165) is 12.1 Å². The number of rotatable bonds is 4. The number of hydrogen-bond donors (Lipinski definition) is 2. The van der Waals surface area contributed by atoms with Crippen LogP contribution in [0.15, 0.2) is 30.5 Å². The van der Waals surface area contributed by atoms with Gasteiger partial charge in [0.1, 0.15) is 11.5 Å². The quantitative estimate of drug-likeness (QED) is 0.896. The van der Waals surface area contributed by atoms with Gasteiger partial charge >= 0.3 is 0 Å². The molecule has 2 N–H and O–H groups in total. The van der Waals surface area contributed by atoms with Crippen molar-refractivity contribution in [2.24, 2.45) is 0 Å². The fourth-order valence-electron chi connectivity index (χ4n) is 1.70. The third-order valence-corrected chi connectivity index (χ3v) is 2.79. The van der Waals surface area contributed by atoms with Gasteiger partial charge in [-0.1, -0.05) is 6.07 Å². The van der Waals surface area contributed by atoms with E-state index >= 15 is 0 Å². The lowest BCUT2D eigenvalue weighted by atomic mass is 10.1. The van der Waals surface area contributed by atoms with Crippen LogP contribution in [-0.2, 0) is 0 Å². The summed E-state index contributed by atoms with van der Waals surface area (Å²) in [6, 6.07) is 4.50. The van der Waals surface area contributed by atoms with Crippen molar-refractivity contribution in [3.8, 4) is 0 Å². The molecule has 0 unspecified atom stereocenters. The minimum absolute atomic E-state index is 0.146. The number of aliphatic hydroxyl groups excluding tert-OH is 1. The second-order valence-electron chi connectivity index (χ2n) is 4.39. The number of carbonyl (C=O) groups excluding carboxylic acids is 1. The highest BCUT2D eigenvalue weighted by atomic mass is 19.2. The Kier molecular flexibility index (Phi) is 4.54. The van der Waals surface area contributed by atoms with Crippen molar-refractivity contribution in [3.05, 3.63) is 59.2 Å². The lowest BCUT2D eigenvalue weighted by Crippen LogP contribution is -2.29. The molecule has 7 heteroatoms. The van der Waals surface area contributed by atoms with Crippen molar-refractivity contribution in [2.75, 3.05) is 6.54 Å². The first-order valence-electron chi connectivity index (χ1n) is 6.18. The Morgan fingerprint density at radius 1 is 1.33 bits per heavy atom. The molecule has 0 saturated carbocycles. The first-order valence-corrected chi connectivity index (χ1v) is 6.18. The van der Waals surface area contributed by atoms with Crippen molar-refractivity contribution in [1.82, 2.24) is 15.3 Å². The van der Waals surface area contributed by atoms with Crippen LogP contribution in [0.3, 0.4) is 0 Å². The number of amides is 1. The molecule has 0 radical (unpaired) electrons. The van der Waals surface area contributed by atoms with Gasteiger partial charge in [0.25, 0.3) is 5.91 Å². The van der Waals surface area contributed by atoms with E-state index in [2.05, 4.69) is 15.3 Å². The van der Waals surface area contributed by atoms with Crippen LogP contribution in [0.1, 0.15) is 28.0 Å². The standard InChI is InChI=1S/C14H13F2N3O2/c1-8-17-5-4-12(19-8)14(21)18-7-13(20)9-2-3-10(15)11(16)6-9/h2-6,13,20H,7H2,1H3,(H,18,21)/t13-/m1/s1. The summed E-state index contributed by atoms with van der Waals surface area (Å²) in [5, 5.41) is 12.3. The smallest absolute Gasteiger partial charge is 0.270 e. The molecule has 0 aliphatic carbocycles. The fraction of sp³-hybridized carbons (Fsp3) is 0.214. The van der Waals surface area contributed by atoms with Gasteiger partial charge in [-0.15, -0.1) is 0 Å². The van der Waals surface area contributed by atoms with Gasteiger partial charge < -0.3 is 10.4 Å².